The molecule has 54 valence electrons. The SMILES string of the molecule is Nc1c(O)cc(F)cc1F. The Morgan fingerprint density at radius 3 is 2.40 bits per heavy atom. The van der Waals surface area contributed by atoms with Gasteiger partial charge in [-0.1, -0.05) is 0 Å². The molecule has 0 aromatic heterocycles. The third-order valence-corrected chi connectivity index (χ3v) is 1.07. The van der Waals surface area contributed by atoms with Gasteiger partial charge in [0.05, 0.1) is 0 Å². The highest BCUT2D eigenvalue weighted by Crippen LogP contribution is 2.23. The number of rotatable bonds is 0. The number of nitrogen functional groups attached to an aromatic ring is 1. The van der Waals surface area contributed by atoms with E-state index in [-0.39, 0.29) is 0 Å². The van der Waals surface area contributed by atoms with Crippen LogP contribution < -0.4 is 5.73 Å². The second-order valence-corrected chi connectivity index (χ2v) is 1.82. The summed E-state index contributed by atoms with van der Waals surface area (Å²) in [4.78, 5) is 0. The number of halogens is 2. The van der Waals surface area contributed by atoms with Crippen LogP contribution in [0.2, 0.25) is 0 Å². The molecule has 2 nitrogen and oxygen atoms in total. The molecule has 0 aliphatic heterocycles. The zero-order valence-electron chi connectivity index (χ0n) is 4.94. The Labute approximate surface area is 55.9 Å². The van der Waals surface area contributed by atoms with Gasteiger partial charge < -0.3 is 10.8 Å². The fraction of sp³-hybridized carbons (Fsp3) is 0. The summed E-state index contributed by atoms with van der Waals surface area (Å²) in [7, 11) is 0. The van der Waals surface area contributed by atoms with E-state index in [4.69, 9.17) is 10.8 Å². The Kier molecular flexibility index (Phi) is 1.45. The summed E-state index contributed by atoms with van der Waals surface area (Å²) in [6.45, 7) is 0. The van der Waals surface area contributed by atoms with Crippen molar-refractivity contribution in [3.63, 3.8) is 0 Å². The van der Waals surface area contributed by atoms with Crippen LogP contribution in [0, 0.1) is 11.6 Å². The number of aromatic hydroxyl groups is 1. The van der Waals surface area contributed by atoms with Gasteiger partial charge in [-0.25, -0.2) is 8.78 Å². The average molecular weight is 145 g/mol. The maximum absolute atomic E-state index is 12.3. The maximum atomic E-state index is 12.3. The van der Waals surface area contributed by atoms with Crippen molar-refractivity contribution in [1.29, 1.82) is 0 Å². The van der Waals surface area contributed by atoms with Crippen LogP contribution >= 0.6 is 0 Å². The van der Waals surface area contributed by atoms with Gasteiger partial charge in [-0.15, -0.1) is 0 Å². The van der Waals surface area contributed by atoms with E-state index >= 15 is 0 Å². The van der Waals surface area contributed by atoms with E-state index in [1.54, 1.807) is 0 Å². The largest absolute Gasteiger partial charge is 0.506 e. The highest BCUT2D eigenvalue weighted by atomic mass is 19.1. The minimum Gasteiger partial charge on any atom is -0.506 e. The summed E-state index contributed by atoms with van der Waals surface area (Å²) in [5.74, 6) is -2.36. The standard InChI is InChI=1S/C6H5F2NO/c7-3-1-4(8)6(9)5(10)2-3/h1-2,10H,9H2. The predicted octanol–water partition coefficient (Wildman–Crippen LogP) is 1.25. The Balaban J connectivity index is 3.31. The van der Waals surface area contributed by atoms with E-state index < -0.39 is 23.1 Å². The molecule has 1 aromatic rings. The van der Waals surface area contributed by atoms with Crippen LogP contribution in [0.4, 0.5) is 14.5 Å². The molecular formula is C6H5F2NO. The van der Waals surface area contributed by atoms with Crippen LogP contribution in [0.3, 0.4) is 0 Å². The van der Waals surface area contributed by atoms with Gasteiger partial charge >= 0.3 is 0 Å². The summed E-state index contributed by atoms with van der Waals surface area (Å²) in [5.41, 5.74) is 4.53. The van der Waals surface area contributed by atoms with Gasteiger partial charge in [0, 0.05) is 12.1 Å². The van der Waals surface area contributed by atoms with Crippen molar-refractivity contribution in [3.8, 4) is 5.75 Å². The van der Waals surface area contributed by atoms with E-state index in [9.17, 15) is 8.78 Å². The molecule has 0 atom stereocenters. The number of nitrogens with two attached hydrogens (primary N) is 1. The van der Waals surface area contributed by atoms with E-state index in [2.05, 4.69) is 0 Å². The highest BCUT2D eigenvalue weighted by Gasteiger charge is 2.05. The number of benzene rings is 1. The second kappa shape index (κ2) is 2.13. The van der Waals surface area contributed by atoms with Gasteiger partial charge in [0.15, 0.2) is 5.82 Å². The summed E-state index contributed by atoms with van der Waals surface area (Å²) < 4.78 is 24.5. The zero-order valence-corrected chi connectivity index (χ0v) is 4.94. The first kappa shape index (κ1) is 6.80. The molecule has 0 spiro atoms. The van der Waals surface area contributed by atoms with Gasteiger partial charge in [0.25, 0.3) is 0 Å². The zero-order chi connectivity index (χ0) is 7.72. The van der Waals surface area contributed by atoms with Crippen molar-refractivity contribution in [2.75, 3.05) is 5.73 Å². The van der Waals surface area contributed by atoms with Crippen molar-refractivity contribution in [2.45, 2.75) is 0 Å². The molecule has 0 aliphatic rings. The molecule has 0 saturated carbocycles. The van der Waals surface area contributed by atoms with Crippen LogP contribution in [0.1, 0.15) is 0 Å². The van der Waals surface area contributed by atoms with Gasteiger partial charge in [-0.05, 0) is 0 Å². The maximum Gasteiger partial charge on any atom is 0.152 e. The normalized spacial score (nSPS) is 9.80. The minimum atomic E-state index is -0.947. The quantitative estimate of drug-likeness (QED) is 0.426. The predicted molar refractivity (Wildman–Crippen MR) is 32.4 cm³/mol. The van der Waals surface area contributed by atoms with E-state index in [1.165, 1.54) is 0 Å². The lowest BCUT2D eigenvalue weighted by Crippen LogP contribution is -1.91. The van der Waals surface area contributed by atoms with Gasteiger partial charge in [-0.2, -0.15) is 0 Å². The molecule has 1 rings (SSSR count). The number of phenols is 1. The van der Waals surface area contributed by atoms with Gasteiger partial charge in [-0.3, -0.25) is 0 Å². The molecule has 0 fully saturated rings. The first-order valence-corrected chi connectivity index (χ1v) is 2.54. The summed E-state index contributed by atoms with van der Waals surface area (Å²) in [6.07, 6.45) is 0. The van der Waals surface area contributed by atoms with Crippen LogP contribution in [-0.4, -0.2) is 5.11 Å². The van der Waals surface area contributed by atoms with Gasteiger partial charge in [0.2, 0.25) is 0 Å². The summed E-state index contributed by atoms with van der Waals surface area (Å²) in [6, 6.07) is 1.35. The summed E-state index contributed by atoms with van der Waals surface area (Å²) >= 11 is 0. The lowest BCUT2D eigenvalue weighted by molar-refractivity contribution is 0.464. The van der Waals surface area contributed by atoms with E-state index in [0.29, 0.717) is 6.07 Å². The smallest absolute Gasteiger partial charge is 0.152 e. The fourth-order valence-corrected chi connectivity index (χ4v) is 0.571. The van der Waals surface area contributed by atoms with Gasteiger partial charge in [0.1, 0.15) is 17.3 Å². The fourth-order valence-electron chi connectivity index (χ4n) is 0.571. The topological polar surface area (TPSA) is 46.2 Å². The minimum absolute atomic E-state index is 0.429. The average Bonchev–Trinajstić information content (AvgIpc) is 1.82. The number of phenolic OH excluding ortho intramolecular Hbond substituents is 1. The van der Waals surface area contributed by atoms with Crippen molar-refractivity contribution in [2.24, 2.45) is 0 Å². The molecule has 1 aromatic carbocycles. The second-order valence-electron chi connectivity index (χ2n) is 1.82. The van der Waals surface area contributed by atoms with Crippen molar-refractivity contribution in [3.05, 3.63) is 23.8 Å². The number of anilines is 1. The molecule has 0 heterocycles. The van der Waals surface area contributed by atoms with Crippen LogP contribution in [0.15, 0.2) is 12.1 Å². The molecule has 10 heavy (non-hydrogen) atoms. The molecular weight excluding hydrogens is 140 g/mol. The Morgan fingerprint density at radius 1 is 1.30 bits per heavy atom. The van der Waals surface area contributed by atoms with E-state index in [0.717, 1.165) is 6.07 Å². The monoisotopic (exact) mass is 145 g/mol. The Hall–Kier alpha value is -1.32. The third kappa shape index (κ3) is 1.00. The van der Waals surface area contributed by atoms with Crippen LogP contribution in [-0.2, 0) is 0 Å². The van der Waals surface area contributed by atoms with E-state index in [1.807, 2.05) is 0 Å². The number of hydrogen-bond acceptors (Lipinski definition) is 2. The first-order chi connectivity index (χ1) is 4.61. The highest BCUT2D eigenvalue weighted by molar-refractivity contribution is 5.52. The third-order valence-electron chi connectivity index (χ3n) is 1.07. The molecule has 0 radical (unpaired) electrons. The van der Waals surface area contributed by atoms with Crippen molar-refractivity contribution < 1.29 is 13.9 Å². The molecule has 4 heteroatoms. The molecule has 0 unspecified atom stereocenters. The lowest BCUT2D eigenvalue weighted by atomic mass is 10.3. The summed E-state index contributed by atoms with van der Waals surface area (Å²) in [5, 5.41) is 8.68. The molecule has 0 amide bonds. The van der Waals surface area contributed by atoms with Crippen LogP contribution in [0.25, 0.3) is 0 Å². The van der Waals surface area contributed by atoms with Crippen LogP contribution in [0.5, 0.6) is 5.75 Å². The molecule has 0 bridgehead atoms. The number of hydrogen-bond donors (Lipinski definition) is 2. The van der Waals surface area contributed by atoms with Crippen molar-refractivity contribution >= 4 is 5.69 Å². The lowest BCUT2D eigenvalue weighted by Gasteiger charge is -1.98. The van der Waals surface area contributed by atoms with Crippen molar-refractivity contribution in [1.82, 2.24) is 0 Å². The first-order valence-electron chi connectivity index (χ1n) is 2.54. The molecule has 0 saturated heterocycles. The Bertz CT molecular complexity index is 239. The Morgan fingerprint density at radius 2 is 1.90 bits per heavy atom. The molecule has 0 aliphatic carbocycles. The molecule has 3 N–H and O–H groups in total.